The number of nitrogens with zero attached hydrogens (tertiary/aromatic N) is 1. The number of pyridine rings is 1. The molecule has 3 nitrogen and oxygen atoms in total. The summed E-state index contributed by atoms with van der Waals surface area (Å²) in [7, 11) is 0. The number of ether oxygens (including phenoxy) is 1. The first-order valence-electron chi connectivity index (χ1n) is 6.60. The van der Waals surface area contributed by atoms with Gasteiger partial charge in [0, 0.05) is 17.6 Å². The average Bonchev–Trinajstić information content (AvgIpc) is 2.37. The van der Waals surface area contributed by atoms with Crippen LogP contribution in [0.3, 0.4) is 0 Å². The van der Waals surface area contributed by atoms with Crippen LogP contribution in [0.25, 0.3) is 10.9 Å². The van der Waals surface area contributed by atoms with Crippen molar-refractivity contribution in [3.63, 3.8) is 0 Å². The molecule has 1 fully saturated rings. The lowest BCUT2D eigenvalue weighted by molar-refractivity contribution is 0.0874. The van der Waals surface area contributed by atoms with Crippen molar-refractivity contribution >= 4 is 10.9 Å². The Morgan fingerprint density at radius 1 is 1.28 bits per heavy atom. The molecule has 0 bridgehead atoms. The van der Waals surface area contributed by atoms with Crippen LogP contribution in [0.5, 0.6) is 5.75 Å². The van der Waals surface area contributed by atoms with Gasteiger partial charge in [0.2, 0.25) is 0 Å². The standard InChI is InChI=1S/C15H18N2O/c1-2-16-11-9-12(10-11)18-15-7-3-6-14-13(15)5-4-8-17-14/h3-8,11-12,16H,2,9-10H2,1H3. The van der Waals surface area contributed by atoms with Crippen LogP contribution in [-0.4, -0.2) is 23.7 Å². The third kappa shape index (κ3) is 2.18. The predicted molar refractivity (Wildman–Crippen MR) is 72.9 cm³/mol. The minimum Gasteiger partial charge on any atom is -0.490 e. The molecule has 94 valence electrons. The topological polar surface area (TPSA) is 34.1 Å². The van der Waals surface area contributed by atoms with Crippen molar-refractivity contribution < 1.29 is 4.74 Å². The molecule has 1 heterocycles. The van der Waals surface area contributed by atoms with E-state index in [4.69, 9.17) is 4.74 Å². The maximum absolute atomic E-state index is 6.06. The zero-order valence-corrected chi connectivity index (χ0v) is 10.6. The molecular formula is C15H18N2O. The Hall–Kier alpha value is -1.61. The fraction of sp³-hybridized carbons (Fsp3) is 0.400. The van der Waals surface area contributed by atoms with Gasteiger partial charge in [0.25, 0.3) is 0 Å². The summed E-state index contributed by atoms with van der Waals surface area (Å²) in [6, 6.07) is 10.7. The molecule has 0 saturated heterocycles. The normalized spacial score (nSPS) is 22.7. The second-order valence-corrected chi connectivity index (χ2v) is 4.79. The smallest absolute Gasteiger partial charge is 0.129 e. The summed E-state index contributed by atoms with van der Waals surface area (Å²) in [6.45, 7) is 3.18. The number of rotatable bonds is 4. The van der Waals surface area contributed by atoms with Crippen LogP contribution in [0.2, 0.25) is 0 Å². The zero-order valence-electron chi connectivity index (χ0n) is 10.6. The number of benzene rings is 1. The van der Waals surface area contributed by atoms with E-state index in [1.54, 1.807) is 0 Å². The van der Waals surface area contributed by atoms with Crippen LogP contribution in [0.15, 0.2) is 36.5 Å². The summed E-state index contributed by atoms with van der Waals surface area (Å²) >= 11 is 0. The molecule has 0 spiro atoms. The summed E-state index contributed by atoms with van der Waals surface area (Å²) < 4.78 is 6.06. The van der Waals surface area contributed by atoms with E-state index in [2.05, 4.69) is 23.3 Å². The van der Waals surface area contributed by atoms with Crippen molar-refractivity contribution in [1.82, 2.24) is 10.3 Å². The molecule has 1 aliphatic rings. The molecule has 1 aromatic carbocycles. The lowest BCUT2D eigenvalue weighted by Gasteiger charge is -2.36. The molecule has 2 aromatic rings. The van der Waals surface area contributed by atoms with Gasteiger partial charge < -0.3 is 10.1 Å². The number of hydrogen-bond acceptors (Lipinski definition) is 3. The second-order valence-electron chi connectivity index (χ2n) is 4.79. The molecule has 1 aromatic heterocycles. The lowest BCUT2D eigenvalue weighted by Crippen LogP contribution is -2.46. The van der Waals surface area contributed by atoms with Gasteiger partial charge >= 0.3 is 0 Å². The van der Waals surface area contributed by atoms with Gasteiger partial charge in [-0.3, -0.25) is 4.98 Å². The highest BCUT2D eigenvalue weighted by atomic mass is 16.5. The van der Waals surface area contributed by atoms with Crippen molar-refractivity contribution in [2.24, 2.45) is 0 Å². The van der Waals surface area contributed by atoms with Gasteiger partial charge in [-0.2, -0.15) is 0 Å². The Morgan fingerprint density at radius 3 is 3.00 bits per heavy atom. The minimum absolute atomic E-state index is 0.347. The van der Waals surface area contributed by atoms with Gasteiger partial charge in [-0.1, -0.05) is 13.0 Å². The first-order chi connectivity index (χ1) is 8.86. The van der Waals surface area contributed by atoms with Crippen LogP contribution in [-0.2, 0) is 0 Å². The van der Waals surface area contributed by atoms with E-state index in [0.29, 0.717) is 12.1 Å². The SMILES string of the molecule is CCNC1CC(Oc2cccc3ncccc23)C1. The van der Waals surface area contributed by atoms with Crippen molar-refractivity contribution in [3.05, 3.63) is 36.5 Å². The summed E-state index contributed by atoms with van der Waals surface area (Å²) in [5.41, 5.74) is 0.998. The number of fused-ring (bicyclic) bond motifs is 1. The number of aromatic nitrogens is 1. The highest BCUT2D eigenvalue weighted by molar-refractivity contribution is 5.84. The fourth-order valence-electron chi connectivity index (χ4n) is 2.47. The summed E-state index contributed by atoms with van der Waals surface area (Å²) in [6.07, 6.45) is 4.37. The first kappa shape index (κ1) is 11.5. The van der Waals surface area contributed by atoms with Crippen LogP contribution in [0.1, 0.15) is 19.8 Å². The maximum atomic E-state index is 6.06. The minimum atomic E-state index is 0.347. The van der Waals surface area contributed by atoms with E-state index >= 15 is 0 Å². The molecule has 0 radical (unpaired) electrons. The molecule has 0 aliphatic heterocycles. The molecule has 1 saturated carbocycles. The van der Waals surface area contributed by atoms with Crippen LogP contribution >= 0.6 is 0 Å². The Labute approximate surface area is 107 Å². The van der Waals surface area contributed by atoms with Crippen molar-refractivity contribution in [1.29, 1.82) is 0 Å². The van der Waals surface area contributed by atoms with Gasteiger partial charge in [0.05, 0.1) is 5.52 Å². The molecular weight excluding hydrogens is 224 g/mol. The molecule has 3 heteroatoms. The van der Waals surface area contributed by atoms with Crippen molar-refractivity contribution in [2.45, 2.75) is 31.9 Å². The number of hydrogen-bond donors (Lipinski definition) is 1. The highest BCUT2D eigenvalue weighted by Crippen LogP contribution is 2.30. The maximum Gasteiger partial charge on any atom is 0.129 e. The van der Waals surface area contributed by atoms with Crippen molar-refractivity contribution in [3.8, 4) is 5.75 Å². The van der Waals surface area contributed by atoms with Gasteiger partial charge in [-0.05, 0) is 43.7 Å². The van der Waals surface area contributed by atoms with Gasteiger partial charge in [0.1, 0.15) is 11.9 Å². The van der Waals surface area contributed by atoms with Crippen molar-refractivity contribution in [2.75, 3.05) is 6.54 Å². The Morgan fingerprint density at radius 2 is 2.17 bits per heavy atom. The molecule has 0 atom stereocenters. The Bertz CT molecular complexity index is 530. The molecule has 3 rings (SSSR count). The van der Waals surface area contributed by atoms with Crippen LogP contribution < -0.4 is 10.1 Å². The Kier molecular flexibility index (Phi) is 3.15. The van der Waals surface area contributed by atoms with E-state index in [-0.39, 0.29) is 0 Å². The van der Waals surface area contributed by atoms with Gasteiger partial charge in [0.15, 0.2) is 0 Å². The lowest BCUT2D eigenvalue weighted by atomic mass is 9.89. The van der Waals surface area contributed by atoms with E-state index < -0.39 is 0 Å². The molecule has 1 N–H and O–H groups in total. The predicted octanol–water partition coefficient (Wildman–Crippen LogP) is 2.75. The van der Waals surface area contributed by atoms with E-state index in [1.165, 1.54) is 0 Å². The molecule has 1 aliphatic carbocycles. The zero-order chi connectivity index (χ0) is 12.4. The molecule has 0 amide bonds. The summed E-state index contributed by atoms with van der Waals surface area (Å²) in [4.78, 5) is 4.35. The third-order valence-electron chi connectivity index (χ3n) is 3.49. The number of nitrogens with one attached hydrogen (secondary N) is 1. The monoisotopic (exact) mass is 242 g/mol. The fourth-order valence-corrected chi connectivity index (χ4v) is 2.47. The first-order valence-corrected chi connectivity index (χ1v) is 6.60. The van der Waals surface area contributed by atoms with Crippen LogP contribution in [0.4, 0.5) is 0 Å². The largest absolute Gasteiger partial charge is 0.490 e. The van der Waals surface area contributed by atoms with E-state index in [9.17, 15) is 0 Å². The third-order valence-corrected chi connectivity index (χ3v) is 3.49. The van der Waals surface area contributed by atoms with E-state index in [0.717, 1.165) is 36.0 Å². The average molecular weight is 242 g/mol. The molecule has 0 unspecified atom stereocenters. The Balaban J connectivity index is 1.72. The quantitative estimate of drug-likeness (QED) is 0.895. The van der Waals surface area contributed by atoms with E-state index in [1.807, 2.05) is 30.5 Å². The second kappa shape index (κ2) is 4.94. The van der Waals surface area contributed by atoms with Gasteiger partial charge in [-0.15, -0.1) is 0 Å². The van der Waals surface area contributed by atoms with Crippen LogP contribution in [0, 0.1) is 0 Å². The molecule has 18 heavy (non-hydrogen) atoms. The highest BCUT2D eigenvalue weighted by Gasteiger charge is 2.30. The summed E-state index contributed by atoms with van der Waals surface area (Å²) in [5.74, 6) is 0.959. The van der Waals surface area contributed by atoms with Gasteiger partial charge in [-0.25, -0.2) is 0 Å². The summed E-state index contributed by atoms with van der Waals surface area (Å²) in [5, 5.41) is 4.55.